The lowest BCUT2D eigenvalue weighted by molar-refractivity contribution is 0.0242. The standard InChI is InChI=1S/C14H29N3/c1-16(2)14(7-4-8-14)11-17(3)10-12-5-6-13(15)9-12/h12-13H,4-11,15H2,1-3H3. The molecule has 2 unspecified atom stereocenters. The quantitative estimate of drug-likeness (QED) is 0.790. The van der Waals surface area contributed by atoms with E-state index in [0.29, 0.717) is 11.6 Å². The van der Waals surface area contributed by atoms with Crippen LogP contribution in [0.4, 0.5) is 0 Å². The van der Waals surface area contributed by atoms with Crippen molar-refractivity contribution in [2.75, 3.05) is 34.2 Å². The van der Waals surface area contributed by atoms with E-state index in [0.717, 1.165) is 5.92 Å². The second-order valence-electron chi connectivity index (χ2n) is 6.61. The van der Waals surface area contributed by atoms with Crippen LogP contribution in [0, 0.1) is 5.92 Å². The molecule has 2 rings (SSSR count). The van der Waals surface area contributed by atoms with Crippen LogP contribution in [-0.2, 0) is 0 Å². The lowest BCUT2D eigenvalue weighted by Crippen LogP contribution is -2.57. The smallest absolute Gasteiger partial charge is 0.0330 e. The summed E-state index contributed by atoms with van der Waals surface area (Å²) < 4.78 is 0. The van der Waals surface area contributed by atoms with Gasteiger partial charge in [0.15, 0.2) is 0 Å². The fourth-order valence-corrected chi connectivity index (χ4v) is 3.62. The number of nitrogens with zero attached hydrogens (tertiary/aromatic N) is 2. The minimum atomic E-state index is 0.468. The zero-order valence-electron chi connectivity index (χ0n) is 11.8. The average Bonchev–Trinajstić information content (AvgIpc) is 2.57. The molecular formula is C14H29N3. The Balaban J connectivity index is 1.78. The summed E-state index contributed by atoms with van der Waals surface area (Å²) in [7, 11) is 6.75. The number of hydrogen-bond acceptors (Lipinski definition) is 3. The lowest BCUT2D eigenvalue weighted by Gasteiger charge is -2.49. The van der Waals surface area contributed by atoms with Gasteiger partial charge in [0.25, 0.3) is 0 Å². The molecule has 0 heterocycles. The third kappa shape index (κ3) is 3.01. The van der Waals surface area contributed by atoms with E-state index >= 15 is 0 Å². The highest BCUT2D eigenvalue weighted by Gasteiger charge is 2.40. The summed E-state index contributed by atoms with van der Waals surface area (Å²) in [6, 6.07) is 0.472. The van der Waals surface area contributed by atoms with E-state index in [-0.39, 0.29) is 0 Å². The molecule has 2 fully saturated rings. The third-order valence-electron chi connectivity index (χ3n) is 4.95. The van der Waals surface area contributed by atoms with Crippen molar-refractivity contribution in [1.29, 1.82) is 0 Å². The number of likely N-dealkylation sites (N-methyl/N-ethyl adjacent to an activating group) is 2. The zero-order valence-corrected chi connectivity index (χ0v) is 11.8. The molecule has 0 saturated heterocycles. The first kappa shape index (κ1) is 13.3. The fraction of sp³-hybridized carbons (Fsp3) is 1.00. The van der Waals surface area contributed by atoms with Crippen LogP contribution in [0.1, 0.15) is 38.5 Å². The van der Waals surface area contributed by atoms with Gasteiger partial charge in [0.05, 0.1) is 0 Å². The molecule has 2 N–H and O–H groups in total. The second kappa shape index (κ2) is 5.25. The molecule has 100 valence electrons. The van der Waals surface area contributed by atoms with Crippen molar-refractivity contribution in [1.82, 2.24) is 9.80 Å². The van der Waals surface area contributed by atoms with Crippen molar-refractivity contribution in [3.05, 3.63) is 0 Å². The summed E-state index contributed by atoms with van der Waals surface area (Å²) in [6.07, 6.45) is 7.94. The van der Waals surface area contributed by atoms with E-state index in [1.165, 1.54) is 51.6 Å². The summed E-state index contributed by atoms with van der Waals surface area (Å²) >= 11 is 0. The monoisotopic (exact) mass is 239 g/mol. The van der Waals surface area contributed by atoms with Crippen LogP contribution >= 0.6 is 0 Å². The zero-order chi connectivity index (χ0) is 12.5. The number of nitrogens with two attached hydrogens (primary N) is 1. The molecular weight excluding hydrogens is 210 g/mol. The molecule has 0 aromatic heterocycles. The van der Waals surface area contributed by atoms with E-state index in [1.807, 2.05) is 0 Å². The van der Waals surface area contributed by atoms with Crippen molar-refractivity contribution in [2.45, 2.75) is 50.1 Å². The Morgan fingerprint density at radius 3 is 2.29 bits per heavy atom. The molecule has 2 aliphatic rings. The van der Waals surface area contributed by atoms with Gasteiger partial charge >= 0.3 is 0 Å². The molecule has 0 aromatic rings. The maximum Gasteiger partial charge on any atom is 0.0330 e. The molecule has 0 bridgehead atoms. The molecule has 0 spiro atoms. The van der Waals surface area contributed by atoms with Crippen molar-refractivity contribution < 1.29 is 0 Å². The molecule has 0 aliphatic heterocycles. The van der Waals surface area contributed by atoms with Crippen molar-refractivity contribution in [3.63, 3.8) is 0 Å². The molecule has 0 amide bonds. The molecule has 2 atom stereocenters. The van der Waals surface area contributed by atoms with E-state index in [9.17, 15) is 0 Å². The van der Waals surface area contributed by atoms with Gasteiger partial charge in [-0.1, -0.05) is 0 Å². The van der Waals surface area contributed by atoms with Gasteiger partial charge in [-0.15, -0.1) is 0 Å². The molecule has 0 radical (unpaired) electrons. The number of rotatable bonds is 5. The summed E-state index contributed by atoms with van der Waals surface area (Å²) in [5.74, 6) is 0.842. The van der Waals surface area contributed by atoms with E-state index in [4.69, 9.17) is 5.73 Å². The highest BCUT2D eigenvalue weighted by atomic mass is 15.2. The van der Waals surface area contributed by atoms with Crippen molar-refractivity contribution in [3.8, 4) is 0 Å². The van der Waals surface area contributed by atoms with Gasteiger partial charge in [0.1, 0.15) is 0 Å². The molecule has 3 nitrogen and oxygen atoms in total. The van der Waals surface area contributed by atoms with Gasteiger partial charge < -0.3 is 15.5 Å². The Kier molecular flexibility index (Phi) is 4.11. The van der Waals surface area contributed by atoms with Crippen LogP contribution in [0.2, 0.25) is 0 Å². The van der Waals surface area contributed by atoms with Crippen molar-refractivity contribution >= 4 is 0 Å². The largest absolute Gasteiger partial charge is 0.328 e. The fourth-order valence-electron chi connectivity index (χ4n) is 3.62. The maximum absolute atomic E-state index is 5.99. The van der Waals surface area contributed by atoms with Gasteiger partial charge in [-0.3, -0.25) is 0 Å². The Labute approximate surface area is 106 Å². The molecule has 17 heavy (non-hydrogen) atoms. The Bertz CT molecular complexity index is 248. The Morgan fingerprint density at radius 1 is 1.18 bits per heavy atom. The number of hydrogen-bond donors (Lipinski definition) is 1. The first-order valence-electron chi connectivity index (χ1n) is 7.13. The van der Waals surface area contributed by atoms with Crippen molar-refractivity contribution in [2.24, 2.45) is 11.7 Å². The molecule has 0 aromatic carbocycles. The normalized spacial score (nSPS) is 32.1. The highest BCUT2D eigenvalue weighted by Crippen LogP contribution is 2.37. The average molecular weight is 239 g/mol. The predicted molar refractivity (Wildman–Crippen MR) is 73.1 cm³/mol. The van der Waals surface area contributed by atoms with Crippen LogP contribution in [0.3, 0.4) is 0 Å². The molecule has 3 heteroatoms. The summed E-state index contributed by atoms with van der Waals surface area (Å²) in [4.78, 5) is 4.98. The van der Waals surface area contributed by atoms with Crippen LogP contribution < -0.4 is 5.73 Å². The third-order valence-corrected chi connectivity index (χ3v) is 4.95. The van der Waals surface area contributed by atoms with Gasteiger partial charge in [0.2, 0.25) is 0 Å². The minimum Gasteiger partial charge on any atom is -0.328 e. The Hall–Kier alpha value is -0.120. The summed E-state index contributed by atoms with van der Waals surface area (Å²) in [5, 5.41) is 0. The maximum atomic E-state index is 5.99. The van der Waals surface area contributed by atoms with Crippen LogP contribution in [-0.4, -0.2) is 55.6 Å². The SMILES string of the molecule is CN(CC1CCC(N)C1)CC1(N(C)C)CCC1. The summed E-state index contributed by atoms with van der Waals surface area (Å²) in [5.41, 5.74) is 6.45. The van der Waals surface area contributed by atoms with E-state index in [2.05, 4.69) is 30.9 Å². The second-order valence-corrected chi connectivity index (χ2v) is 6.61. The van der Waals surface area contributed by atoms with E-state index < -0.39 is 0 Å². The van der Waals surface area contributed by atoms with Gasteiger partial charge in [-0.05, 0) is 65.6 Å². The first-order chi connectivity index (χ1) is 8.02. The lowest BCUT2D eigenvalue weighted by atomic mass is 9.75. The van der Waals surface area contributed by atoms with E-state index in [1.54, 1.807) is 0 Å². The highest BCUT2D eigenvalue weighted by molar-refractivity contribution is 4.98. The Morgan fingerprint density at radius 2 is 1.88 bits per heavy atom. The predicted octanol–water partition coefficient (Wildman–Crippen LogP) is 1.53. The van der Waals surface area contributed by atoms with Gasteiger partial charge in [-0.25, -0.2) is 0 Å². The molecule has 2 aliphatic carbocycles. The molecule has 2 saturated carbocycles. The first-order valence-corrected chi connectivity index (χ1v) is 7.13. The van der Waals surface area contributed by atoms with Gasteiger partial charge in [0, 0.05) is 24.7 Å². The summed E-state index contributed by atoms with van der Waals surface area (Å²) in [6.45, 7) is 2.47. The van der Waals surface area contributed by atoms with Crippen LogP contribution in [0.5, 0.6) is 0 Å². The van der Waals surface area contributed by atoms with Gasteiger partial charge in [-0.2, -0.15) is 0 Å². The van der Waals surface area contributed by atoms with Crippen LogP contribution in [0.25, 0.3) is 0 Å². The topological polar surface area (TPSA) is 32.5 Å². The minimum absolute atomic E-state index is 0.468. The van der Waals surface area contributed by atoms with Crippen LogP contribution in [0.15, 0.2) is 0 Å².